The Morgan fingerprint density at radius 3 is 2.53 bits per heavy atom. The van der Waals surface area contributed by atoms with Gasteiger partial charge in [-0.05, 0) is 49.2 Å². The summed E-state index contributed by atoms with van der Waals surface area (Å²) in [6.45, 7) is 1.96. The van der Waals surface area contributed by atoms with Crippen LogP contribution >= 0.6 is 11.6 Å². The average Bonchev–Trinajstić information content (AvgIpc) is 2.33. The summed E-state index contributed by atoms with van der Waals surface area (Å²) in [5.41, 5.74) is 1.57. The summed E-state index contributed by atoms with van der Waals surface area (Å²) in [7, 11) is 0. The molecule has 0 saturated carbocycles. The highest BCUT2D eigenvalue weighted by atomic mass is 35.5. The van der Waals surface area contributed by atoms with E-state index in [1.165, 1.54) is 24.3 Å². The highest BCUT2D eigenvalue weighted by Crippen LogP contribution is 2.23. The van der Waals surface area contributed by atoms with Gasteiger partial charge >= 0.3 is 0 Å². The Balaban J connectivity index is 2.03. The predicted octanol–water partition coefficient (Wildman–Crippen LogP) is 4.66. The standard InChI is InChI=1S/C15H14ClF2N/c1-10(7-11-3-2-4-12(17)8-11)19-15-6-5-13(18)9-14(15)16/h2-6,8-10,19H,7H2,1H3. The van der Waals surface area contributed by atoms with E-state index in [2.05, 4.69) is 5.32 Å². The Morgan fingerprint density at radius 2 is 1.84 bits per heavy atom. The van der Waals surface area contributed by atoms with Crippen molar-refractivity contribution in [1.82, 2.24) is 0 Å². The Labute approximate surface area is 116 Å². The zero-order chi connectivity index (χ0) is 13.8. The summed E-state index contributed by atoms with van der Waals surface area (Å²) in [6.07, 6.45) is 0.658. The summed E-state index contributed by atoms with van der Waals surface area (Å²) < 4.78 is 26.0. The number of hydrogen-bond acceptors (Lipinski definition) is 1. The van der Waals surface area contributed by atoms with E-state index in [4.69, 9.17) is 11.6 Å². The SMILES string of the molecule is CC(Cc1cccc(F)c1)Nc1ccc(F)cc1Cl. The molecule has 100 valence electrons. The predicted molar refractivity (Wildman–Crippen MR) is 74.6 cm³/mol. The van der Waals surface area contributed by atoms with Gasteiger partial charge in [-0.15, -0.1) is 0 Å². The summed E-state index contributed by atoms with van der Waals surface area (Å²) in [6, 6.07) is 10.7. The third-order valence-electron chi connectivity index (χ3n) is 2.76. The van der Waals surface area contributed by atoms with Crippen molar-refractivity contribution in [3.8, 4) is 0 Å². The van der Waals surface area contributed by atoms with Crippen molar-refractivity contribution in [1.29, 1.82) is 0 Å². The largest absolute Gasteiger partial charge is 0.381 e. The minimum Gasteiger partial charge on any atom is -0.381 e. The lowest BCUT2D eigenvalue weighted by Gasteiger charge is -2.16. The second-order valence-electron chi connectivity index (χ2n) is 4.50. The van der Waals surface area contributed by atoms with Crippen molar-refractivity contribution in [3.63, 3.8) is 0 Å². The maximum absolute atomic E-state index is 13.1. The molecular formula is C15H14ClF2N. The normalized spacial score (nSPS) is 12.2. The van der Waals surface area contributed by atoms with E-state index in [-0.39, 0.29) is 17.7 Å². The quantitative estimate of drug-likeness (QED) is 0.859. The molecule has 1 atom stereocenters. The molecule has 1 N–H and O–H groups in total. The van der Waals surface area contributed by atoms with Crippen LogP contribution in [0.1, 0.15) is 12.5 Å². The number of nitrogens with one attached hydrogen (secondary N) is 1. The van der Waals surface area contributed by atoms with Crippen LogP contribution in [0.4, 0.5) is 14.5 Å². The van der Waals surface area contributed by atoms with Gasteiger partial charge in [-0.1, -0.05) is 23.7 Å². The van der Waals surface area contributed by atoms with Gasteiger partial charge in [0, 0.05) is 6.04 Å². The minimum absolute atomic E-state index is 0.0600. The first kappa shape index (κ1) is 13.8. The van der Waals surface area contributed by atoms with Crippen LogP contribution in [0.5, 0.6) is 0 Å². The Hall–Kier alpha value is -1.61. The van der Waals surface area contributed by atoms with Crippen molar-refractivity contribution in [3.05, 3.63) is 64.7 Å². The second-order valence-corrected chi connectivity index (χ2v) is 4.91. The summed E-state index contributed by atoms with van der Waals surface area (Å²) >= 11 is 5.94. The lowest BCUT2D eigenvalue weighted by molar-refractivity contribution is 0.623. The smallest absolute Gasteiger partial charge is 0.124 e. The second kappa shape index (κ2) is 6.02. The van der Waals surface area contributed by atoms with E-state index in [1.54, 1.807) is 12.1 Å². The Morgan fingerprint density at radius 1 is 1.11 bits per heavy atom. The highest BCUT2D eigenvalue weighted by molar-refractivity contribution is 6.33. The fourth-order valence-corrected chi connectivity index (χ4v) is 2.16. The monoisotopic (exact) mass is 281 g/mol. The van der Waals surface area contributed by atoms with Crippen LogP contribution in [0.3, 0.4) is 0 Å². The topological polar surface area (TPSA) is 12.0 Å². The molecule has 19 heavy (non-hydrogen) atoms. The third-order valence-corrected chi connectivity index (χ3v) is 3.08. The van der Waals surface area contributed by atoms with E-state index in [0.717, 1.165) is 5.56 Å². The van der Waals surface area contributed by atoms with Crippen molar-refractivity contribution in [2.75, 3.05) is 5.32 Å². The lowest BCUT2D eigenvalue weighted by atomic mass is 10.1. The minimum atomic E-state index is -0.367. The van der Waals surface area contributed by atoms with Gasteiger partial charge < -0.3 is 5.32 Å². The molecule has 0 amide bonds. The summed E-state index contributed by atoms with van der Waals surface area (Å²) in [5.74, 6) is -0.613. The van der Waals surface area contributed by atoms with Gasteiger partial charge in [0.25, 0.3) is 0 Å². The van der Waals surface area contributed by atoms with E-state index >= 15 is 0 Å². The van der Waals surface area contributed by atoms with Crippen molar-refractivity contribution in [2.45, 2.75) is 19.4 Å². The molecule has 0 aliphatic rings. The van der Waals surface area contributed by atoms with Gasteiger partial charge in [0.1, 0.15) is 11.6 Å². The molecule has 2 rings (SSSR count). The van der Waals surface area contributed by atoms with Crippen LogP contribution in [-0.2, 0) is 6.42 Å². The van der Waals surface area contributed by atoms with Crippen molar-refractivity contribution in [2.24, 2.45) is 0 Å². The molecule has 0 aromatic heterocycles. The number of hydrogen-bond donors (Lipinski definition) is 1. The third kappa shape index (κ3) is 3.93. The highest BCUT2D eigenvalue weighted by Gasteiger charge is 2.07. The van der Waals surface area contributed by atoms with Gasteiger partial charge in [0.05, 0.1) is 10.7 Å². The fourth-order valence-electron chi connectivity index (χ4n) is 1.94. The van der Waals surface area contributed by atoms with E-state index < -0.39 is 0 Å². The molecule has 0 bridgehead atoms. The average molecular weight is 282 g/mol. The van der Waals surface area contributed by atoms with Gasteiger partial charge in [0.15, 0.2) is 0 Å². The Kier molecular flexibility index (Phi) is 4.38. The van der Waals surface area contributed by atoms with Crippen LogP contribution in [0.2, 0.25) is 5.02 Å². The molecule has 0 fully saturated rings. The molecular weight excluding hydrogens is 268 g/mol. The molecule has 0 radical (unpaired) electrons. The maximum Gasteiger partial charge on any atom is 0.124 e. The molecule has 0 spiro atoms. The van der Waals surface area contributed by atoms with Crippen LogP contribution in [0.15, 0.2) is 42.5 Å². The zero-order valence-corrected chi connectivity index (χ0v) is 11.2. The lowest BCUT2D eigenvalue weighted by Crippen LogP contribution is -2.18. The number of halogens is 3. The van der Waals surface area contributed by atoms with Crippen molar-refractivity contribution >= 4 is 17.3 Å². The molecule has 2 aromatic carbocycles. The van der Waals surface area contributed by atoms with Crippen LogP contribution in [-0.4, -0.2) is 6.04 Å². The maximum atomic E-state index is 13.1. The first-order valence-electron chi connectivity index (χ1n) is 6.00. The molecule has 4 heteroatoms. The van der Waals surface area contributed by atoms with Crippen molar-refractivity contribution < 1.29 is 8.78 Å². The number of benzene rings is 2. The van der Waals surface area contributed by atoms with Gasteiger partial charge in [-0.2, -0.15) is 0 Å². The van der Waals surface area contributed by atoms with E-state index in [0.29, 0.717) is 17.1 Å². The molecule has 0 saturated heterocycles. The first-order valence-corrected chi connectivity index (χ1v) is 6.38. The molecule has 0 aliphatic heterocycles. The van der Waals surface area contributed by atoms with Crippen LogP contribution in [0.25, 0.3) is 0 Å². The molecule has 1 nitrogen and oxygen atoms in total. The molecule has 1 unspecified atom stereocenters. The number of rotatable bonds is 4. The molecule has 0 aliphatic carbocycles. The van der Waals surface area contributed by atoms with E-state index in [9.17, 15) is 8.78 Å². The van der Waals surface area contributed by atoms with Gasteiger partial charge in [0.2, 0.25) is 0 Å². The Bertz CT molecular complexity index is 572. The van der Waals surface area contributed by atoms with Gasteiger partial charge in [-0.25, -0.2) is 8.78 Å². The van der Waals surface area contributed by atoms with Crippen LogP contribution in [0, 0.1) is 11.6 Å². The zero-order valence-electron chi connectivity index (χ0n) is 10.5. The first-order chi connectivity index (χ1) is 9.04. The fraction of sp³-hybridized carbons (Fsp3) is 0.200. The number of anilines is 1. The summed E-state index contributed by atoms with van der Waals surface area (Å²) in [4.78, 5) is 0. The molecule has 2 aromatic rings. The van der Waals surface area contributed by atoms with E-state index in [1.807, 2.05) is 13.0 Å². The van der Waals surface area contributed by atoms with Crippen LogP contribution < -0.4 is 5.32 Å². The van der Waals surface area contributed by atoms with Gasteiger partial charge in [-0.3, -0.25) is 0 Å². The molecule has 0 heterocycles. The summed E-state index contributed by atoms with van der Waals surface area (Å²) in [5, 5.41) is 3.52.